The maximum atomic E-state index is 11.9. The topological polar surface area (TPSA) is 26.3 Å². The predicted molar refractivity (Wildman–Crippen MR) is 70.6 cm³/mol. The largest absolute Gasteiger partial charge is 0.488 e. The summed E-state index contributed by atoms with van der Waals surface area (Å²) in [5, 5.41) is 0. The van der Waals surface area contributed by atoms with Gasteiger partial charge in [0.05, 0.1) is 0 Å². The summed E-state index contributed by atoms with van der Waals surface area (Å²) in [4.78, 5) is 11.9. The smallest absolute Gasteiger partial charge is 0.163 e. The van der Waals surface area contributed by atoms with Gasteiger partial charge in [-0.2, -0.15) is 0 Å². The van der Waals surface area contributed by atoms with E-state index < -0.39 is 0 Å². The number of carbonyl (C=O) groups excluding carboxylic acids is 1. The van der Waals surface area contributed by atoms with Crippen LogP contribution in [0.2, 0.25) is 0 Å². The van der Waals surface area contributed by atoms with Gasteiger partial charge in [-0.05, 0) is 38.8 Å². The van der Waals surface area contributed by atoms with E-state index in [0.717, 1.165) is 11.3 Å². The van der Waals surface area contributed by atoms with Gasteiger partial charge in [0.15, 0.2) is 5.78 Å². The lowest BCUT2D eigenvalue weighted by molar-refractivity contribution is 0.0964. The first-order valence-corrected chi connectivity index (χ1v) is 6.10. The molecule has 0 aromatic heterocycles. The van der Waals surface area contributed by atoms with Crippen molar-refractivity contribution in [3.05, 3.63) is 29.8 Å². The highest BCUT2D eigenvalue weighted by atomic mass is 16.5. The van der Waals surface area contributed by atoms with Gasteiger partial charge in [-0.25, -0.2) is 0 Å². The van der Waals surface area contributed by atoms with Crippen LogP contribution in [0.25, 0.3) is 0 Å². The molecule has 0 aliphatic rings. The summed E-state index contributed by atoms with van der Waals surface area (Å²) in [5.74, 6) is 1.32. The van der Waals surface area contributed by atoms with E-state index in [1.807, 2.05) is 58.9 Å². The molecule has 0 spiro atoms. The van der Waals surface area contributed by atoms with Crippen molar-refractivity contribution in [2.75, 3.05) is 0 Å². The molecule has 2 heteroatoms. The van der Waals surface area contributed by atoms with Crippen LogP contribution in [0.4, 0.5) is 0 Å². The minimum absolute atomic E-state index is 0.180. The summed E-state index contributed by atoms with van der Waals surface area (Å²) in [6.45, 7) is 10.1. The molecular formula is C15H22O2. The second-order valence-electron chi connectivity index (χ2n) is 5.76. The number of ether oxygens (including phenoxy) is 1. The van der Waals surface area contributed by atoms with Gasteiger partial charge in [0.1, 0.15) is 11.4 Å². The molecule has 0 aliphatic carbocycles. The highest BCUT2D eigenvalue weighted by Crippen LogP contribution is 2.20. The van der Waals surface area contributed by atoms with E-state index in [4.69, 9.17) is 4.74 Å². The average Bonchev–Trinajstić information content (AvgIpc) is 2.14. The third-order valence-electron chi connectivity index (χ3n) is 2.17. The number of rotatable bonds is 4. The molecule has 0 fully saturated rings. The van der Waals surface area contributed by atoms with E-state index in [-0.39, 0.29) is 11.4 Å². The molecule has 0 amide bonds. The Kier molecular flexibility index (Phi) is 4.33. The summed E-state index contributed by atoms with van der Waals surface area (Å²) in [7, 11) is 0. The Hall–Kier alpha value is -1.31. The van der Waals surface area contributed by atoms with E-state index >= 15 is 0 Å². The zero-order valence-corrected chi connectivity index (χ0v) is 11.4. The van der Waals surface area contributed by atoms with Crippen LogP contribution in [0.15, 0.2) is 24.3 Å². The van der Waals surface area contributed by atoms with E-state index in [9.17, 15) is 4.79 Å². The monoisotopic (exact) mass is 234 g/mol. The fourth-order valence-electron chi connectivity index (χ4n) is 1.58. The lowest BCUT2D eigenvalue weighted by atomic mass is 10.0. The van der Waals surface area contributed by atoms with Gasteiger partial charge in [0.2, 0.25) is 0 Å². The first kappa shape index (κ1) is 13.8. The van der Waals surface area contributed by atoms with Crippen molar-refractivity contribution in [2.45, 2.75) is 46.6 Å². The van der Waals surface area contributed by atoms with Crippen molar-refractivity contribution in [3.8, 4) is 5.75 Å². The fraction of sp³-hybridized carbons (Fsp3) is 0.533. The zero-order valence-electron chi connectivity index (χ0n) is 11.4. The number of carbonyl (C=O) groups is 1. The summed E-state index contributed by atoms with van der Waals surface area (Å²) in [6.07, 6.45) is 0.582. The molecule has 0 radical (unpaired) electrons. The van der Waals surface area contributed by atoms with Crippen LogP contribution in [0.1, 0.15) is 51.4 Å². The number of hydrogen-bond donors (Lipinski definition) is 0. The fourth-order valence-corrected chi connectivity index (χ4v) is 1.58. The Labute approximate surface area is 104 Å². The van der Waals surface area contributed by atoms with E-state index in [2.05, 4.69) is 0 Å². The first-order chi connectivity index (χ1) is 7.78. The van der Waals surface area contributed by atoms with Crippen molar-refractivity contribution in [2.24, 2.45) is 5.92 Å². The maximum absolute atomic E-state index is 11.9. The quantitative estimate of drug-likeness (QED) is 0.733. The summed E-state index contributed by atoms with van der Waals surface area (Å²) >= 11 is 0. The van der Waals surface area contributed by atoms with Crippen LogP contribution in [0.3, 0.4) is 0 Å². The van der Waals surface area contributed by atoms with Gasteiger partial charge >= 0.3 is 0 Å². The standard InChI is InChI=1S/C15H22O2/c1-11(2)9-14(16)12-7-6-8-13(10-12)17-15(3,4)5/h6-8,10-11H,9H2,1-5H3. The van der Waals surface area contributed by atoms with Gasteiger partial charge in [-0.15, -0.1) is 0 Å². The lowest BCUT2D eigenvalue weighted by Crippen LogP contribution is -2.23. The SMILES string of the molecule is CC(C)CC(=O)c1cccc(OC(C)(C)C)c1. The number of ketones is 1. The third kappa shape index (κ3) is 5.03. The molecule has 94 valence electrons. The molecular weight excluding hydrogens is 212 g/mol. The van der Waals surface area contributed by atoms with Crippen LogP contribution < -0.4 is 4.74 Å². The second kappa shape index (κ2) is 5.35. The molecule has 0 saturated carbocycles. The minimum atomic E-state index is -0.236. The lowest BCUT2D eigenvalue weighted by Gasteiger charge is -2.21. The summed E-state index contributed by atoms with van der Waals surface area (Å²) < 4.78 is 5.75. The molecule has 0 bridgehead atoms. The molecule has 2 nitrogen and oxygen atoms in total. The highest BCUT2D eigenvalue weighted by molar-refractivity contribution is 5.96. The number of benzene rings is 1. The molecule has 0 N–H and O–H groups in total. The molecule has 0 unspecified atom stereocenters. The van der Waals surface area contributed by atoms with E-state index in [0.29, 0.717) is 12.3 Å². The Morgan fingerprint density at radius 2 is 1.94 bits per heavy atom. The summed E-state index contributed by atoms with van der Waals surface area (Å²) in [6, 6.07) is 7.43. The van der Waals surface area contributed by atoms with E-state index in [1.54, 1.807) is 0 Å². The Balaban J connectivity index is 2.82. The minimum Gasteiger partial charge on any atom is -0.488 e. The zero-order chi connectivity index (χ0) is 13.1. The van der Waals surface area contributed by atoms with Crippen molar-refractivity contribution < 1.29 is 9.53 Å². The average molecular weight is 234 g/mol. The maximum Gasteiger partial charge on any atom is 0.163 e. The normalized spacial score (nSPS) is 11.6. The van der Waals surface area contributed by atoms with Gasteiger partial charge in [-0.3, -0.25) is 4.79 Å². The highest BCUT2D eigenvalue weighted by Gasteiger charge is 2.13. The van der Waals surface area contributed by atoms with Crippen molar-refractivity contribution >= 4 is 5.78 Å². The van der Waals surface area contributed by atoms with Gasteiger partial charge in [0.25, 0.3) is 0 Å². The molecule has 0 heterocycles. The number of hydrogen-bond acceptors (Lipinski definition) is 2. The molecule has 0 aliphatic heterocycles. The molecule has 1 aromatic rings. The Bertz CT molecular complexity index is 386. The van der Waals surface area contributed by atoms with Gasteiger partial charge in [-0.1, -0.05) is 26.0 Å². The van der Waals surface area contributed by atoms with Crippen LogP contribution in [0.5, 0.6) is 5.75 Å². The predicted octanol–water partition coefficient (Wildman–Crippen LogP) is 4.09. The third-order valence-corrected chi connectivity index (χ3v) is 2.17. The van der Waals surface area contributed by atoms with Crippen LogP contribution in [0, 0.1) is 5.92 Å². The van der Waals surface area contributed by atoms with Crippen molar-refractivity contribution in [1.82, 2.24) is 0 Å². The second-order valence-corrected chi connectivity index (χ2v) is 5.76. The van der Waals surface area contributed by atoms with Crippen LogP contribution in [-0.4, -0.2) is 11.4 Å². The molecule has 0 atom stereocenters. The molecule has 17 heavy (non-hydrogen) atoms. The van der Waals surface area contributed by atoms with E-state index in [1.165, 1.54) is 0 Å². The number of Topliss-reactive ketones (excluding diaryl/α,β-unsaturated/α-hetero) is 1. The van der Waals surface area contributed by atoms with Gasteiger partial charge < -0.3 is 4.74 Å². The van der Waals surface area contributed by atoms with Gasteiger partial charge in [0, 0.05) is 12.0 Å². The Morgan fingerprint density at radius 1 is 1.29 bits per heavy atom. The van der Waals surface area contributed by atoms with Crippen molar-refractivity contribution in [3.63, 3.8) is 0 Å². The first-order valence-electron chi connectivity index (χ1n) is 6.10. The Morgan fingerprint density at radius 3 is 2.47 bits per heavy atom. The molecule has 1 aromatic carbocycles. The van der Waals surface area contributed by atoms with Crippen LogP contribution >= 0.6 is 0 Å². The summed E-state index contributed by atoms with van der Waals surface area (Å²) in [5.41, 5.74) is 0.500. The van der Waals surface area contributed by atoms with Crippen molar-refractivity contribution in [1.29, 1.82) is 0 Å². The molecule has 0 saturated heterocycles. The van der Waals surface area contributed by atoms with Crippen LogP contribution in [-0.2, 0) is 0 Å². The molecule has 1 rings (SSSR count).